The van der Waals surface area contributed by atoms with Gasteiger partial charge in [-0.3, -0.25) is 9.59 Å². The van der Waals surface area contributed by atoms with Crippen molar-refractivity contribution in [1.82, 2.24) is 4.57 Å². The van der Waals surface area contributed by atoms with Gasteiger partial charge in [0.2, 0.25) is 0 Å². The summed E-state index contributed by atoms with van der Waals surface area (Å²) < 4.78 is 1.63. The lowest BCUT2D eigenvalue weighted by Crippen LogP contribution is -2.31. The van der Waals surface area contributed by atoms with Crippen molar-refractivity contribution >= 4 is 16.9 Å². The number of aryl methyl sites for hydroxylation is 2. The number of rotatable bonds is 2. The number of nitrogens with zero attached hydrogens (tertiary/aromatic N) is 1. The number of hydrogen-bond acceptors (Lipinski definition) is 3. The smallest absolute Gasteiger partial charge is 0.325 e. The highest BCUT2D eigenvalue weighted by Crippen LogP contribution is 2.25. The van der Waals surface area contributed by atoms with E-state index in [1.54, 1.807) is 10.6 Å². The number of aromatic nitrogens is 1. The SMILES string of the molecule is N[C@@H](C(=O)O)c1cc2cccc3c2n(c1=O)CC3. The van der Waals surface area contributed by atoms with E-state index in [0.29, 0.717) is 6.54 Å². The Morgan fingerprint density at radius 2 is 2.22 bits per heavy atom. The molecule has 0 bridgehead atoms. The number of benzene rings is 1. The summed E-state index contributed by atoms with van der Waals surface area (Å²) in [6, 6.07) is 6.10. The number of hydrogen-bond donors (Lipinski definition) is 2. The van der Waals surface area contributed by atoms with Crippen LogP contribution in [0, 0.1) is 0 Å². The van der Waals surface area contributed by atoms with Gasteiger partial charge in [-0.2, -0.15) is 0 Å². The molecule has 1 aromatic carbocycles. The number of pyridine rings is 1. The van der Waals surface area contributed by atoms with Crippen LogP contribution in [-0.4, -0.2) is 15.6 Å². The third-order valence-electron chi connectivity index (χ3n) is 3.43. The third kappa shape index (κ3) is 1.37. The van der Waals surface area contributed by atoms with E-state index in [0.717, 1.165) is 22.9 Å². The van der Waals surface area contributed by atoms with Gasteiger partial charge in [-0.05, 0) is 23.4 Å². The van der Waals surface area contributed by atoms with E-state index in [-0.39, 0.29) is 11.1 Å². The van der Waals surface area contributed by atoms with Crippen LogP contribution in [0.5, 0.6) is 0 Å². The van der Waals surface area contributed by atoms with Crippen molar-refractivity contribution in [3.05, 3.63) is 45.7 Å². The Labute approximate surface area is 102 Å². The zero-order chi connectivity index (χ0) is 12.9. The molecule has 18 heavy (non-hydrogen) atoms. The van der Waals surface area contributed by atoms with Crippen molar-refractivity contribution in [2.24, 2.45) is 5.73 Å². The van der Waals surface area contributed by atoms with Gasteiger partial charge in [-0.1, -0.05) is 18.2 Å². The van der Waals surface area contributed by atoms with Gasteiger partial charge in [0, 0.05) is 12.1 Å². The molecule has 0 saturated carbocycles. The number of nitrogens with two attached hydrogens (primary N) is 1. The number of carboxylic acid groups (broad SMARTS) is 1. The van der Waals surface area contributed by atoms with Crippen LogP contribution >= 0.6 is 0 Å². The molecule has 1 aliphatic rings. The molecule has 0 amide bonds. The van der Waals surface area contributed by atoms with Gasteiger partial charge in [-0.25, -0.2) is 0 Å². The fourth-order valence-corrected chi connectivity index (χ4v) is 2.55. The molecular weight excluding hydrogens is 232 g/mol. The molecule has 92 valence electrons. The summed E-state index contributed by atoms with van der Waals surface area (Å²) in [5, 5.41) is 9.81. The summed E-state index contributed by atoms with van der Waals surface area (Å²) in [6.45, 7) is 0.592. The Bertz CT molecular complexity index is 718. The second-order valence-corrected chi connectivity index (χ2v) is 4.48. The Hall–Kier alpha value is -2.14. The van der Waals surface area contributed by atoms with Gasteiger partial charge in [-0.15, -0.1) is 0 Å². The van der Waals surface area contributed by atoms with Crippen LogP contribution in [0.2, 0.25) is 0 Å². The van der Waals surface area contributed by atoms with E-state index < -0.39 is 12.0 Å². The largest absolute Gasteiger partial charge is 0.480 e. The van der Waals surface area contributed by atoms with Crippen molar-refractivity contribution in [3.63, 3.8) is 0 Å². The van der Waals surface area contributed by atoms with E-state index in [1.165, 1.54) is 0 Å². The van der Waals surface area contributed by atoms with Crippen molar-refractivity contribution in [2.75, 3.05) is 0 Å². The standard InChI is InChI=1S/C13H12N2O3/c14-10(13(17)18)9-6-8-3-1-2-7-4-5-15(11(7)8)12(9)16/h1-3,6,10H,4-5,14H2,(H,17,18)/t10-/m1/s1. The number of para-hydroxylation sites is 1. The van der Waals surface area contributed by atoms with Gasteiger partial charge in [0.15, 0.2) is 0 Å². The minimum Gasteiger partial charge on any atom is -0.480 e. The molecule has 0 saturated heterocycles. The molecular formula is C13H12N2O3. The molecule has 2 aromatic rings. The first kappa shape index (κ1) is 11.0. The quantitative estimate of drug-likeness (QED) is 0.811. The first-order valence-corrected chi connectivity index (χ1v) is 5.73. The molecule has 0 radical (unpaired) electrons. The summed E-state index contributed by atoms with van der Waals surface area (Å²) in [6.07, 6.45) is 0.804. The Kier molecular flexibility index (Phi) is 2.24. The fourth-order valence-electron chi connectivity index (χ4n) is 2.55. The predicted molar refractivity (Wildman–Crippen MR) is 66.5 cm³/mol. The van der Waals surface area contributed by atoms with Crippen LogP contribution in [0.4, 0.5) is 0 Å². The van der Waals surface area contributed by atoms with Crippen molar-refractivity contribution < 1.29 is 9.90 Å². The molecule has 0 aliphatic carbocycles. The summed E-state index contributed by atoms with van der Waals surface area (Å²) in [5.74, 6) is -1.19. The highest BCUT2D eigenvalue weighted by atomic mass is 16.4. The zero-order valence-electron chi connectivity index (χ0n) is 9.59. The minimum absolute atomic E-state index is 0.147. The number of carbonyl (C=O) groups is 1. The van der Waals surface area contributed by atoms with Gasteiger partial charge < -0.3 is 15.4 Å². The summed E-state index contributed by atoms with van der Waals surface area (Å²) >= 11 is 0. The van der Waals surface area contributed by atoms with E-state index in [4.69, 9.17) is 10.8 Å². The maximum atomic E-state index is 12.2. The highest BCUT2D eigenvalue weighted by Gasteiger charge is 2.23. The summed E-state index contributed by atoms with van der Waals surface area (Å²) in [5.41, 5.74) is 7.45. The maximum Gasteiger partial charge on any atom is 0.325 e. The van der Waals surface area contributed by atoms with Crippen LogP contribution in [0.15, 0.2) is 29.1 Å². The molecule has 1 aromatic heterocycles. The molecule has 0 spiro atoms. The average Bonchev–Trinajstić information content (AvgIpc) is 2.78. The molecule has 5 heteroatoms. The van der Waals surface area contributed by atoms with E-state index in [9.17, 15) is 9.59 Å². The Morgan fingerprint density at radius 3 is 2.94 bits per heavy atom. The monoisotopic (exact) mass is 244 g/mol. The molecule has 5 nitrogen and oxygen atoms in total. The van der Waals surface area contributed by atoms with Gasteiger partial charge >= 0.3 is 5.97 Å². The fraction of sp³-hybridized carbons (Fsp3) is 0.231. The van der Waals surface area contributed by atoms with Gasteiger partial charge in [0.25, 0.3) is 5.56 Å². The van der Waals surface area contributed by atoms with Gasteiger partial charge in [0.1, 0.15) is 6.04 Å². The van der Waals surface area contributed by atoms with Gasteiger partial charge in [0.05, 0.1) is 5.52 Å². The normalized spacial score (nSPS) is 14.9. The molecule has 1 atom stereocenters. The van der Waals surface area contributed by atoms with Crippen LogP contribution in [0.25, 0.3) is 10.9 Å². The lowest BCUT2D eigenvalue weighted by Gasteiger charge is -2.10. The third-order valence-corrected chi connectivity index (χ3v) is 3.43. The van der Waals surface area contributed by atoms with Crippen LogP contribution < -0.4 is 11.3 Å². The maximum absolute atomic E-state index is 12.2. The topological polar surface area (TPSA) is 85.3 Å². The van der Waals surface area contributed by atoms with Crippen LogP contribution in [0.1, 0.15) is 17.2 Å². The van der Waals surface area contributed by atoms with Crippen molar-refractivity contribution in [2.45, 2.75) is 19.0 Å². The average molecular weight is 244 g/mol. The van der Waals surface area contributed by atoms with Crippen molar-refractivity contribution in [3.8, 4) is 0 Å². The minimum atomic E-state index is -1.27. The first-order valence-electron chi connectivity index (χ1n) is 5.73. The van der Waals surface area contributed by atoms with Crippen LogP contribution in [-0.2, 0) is 17.8 Å². The second-order valence-electron chi connectivity index (χ2n) is 4.48. The molecule has 3 N–H and O–H groups in total. The number of aliphatic carboxylic acids is 1. The number of carboxylic acids is 1. The second kappa shape index (κ2) is 3.68. The summed E-state index contributed by atoms with van der Waals surface area (Å²) in [7, 11) is 0. The lowest BCUT2D eigenvalue weighted by atomic mass is 10.0. The predicted octanol–water partition coefficient (Wildman–Crippen LogP) is 0.642. The lowest BCUT2D eigenvalue weighted by molar-refractivity contribution is -0.138. The highest BCUT2D eigenvalue weighted by molar-refractivity contribution is 5.85. The van der Waals surface area contributed by atoms with E-state index >= 15 is 0 Å². The molecule has 2 heterocycles. The van der Waals surface area contributed by atoms with E-state index in [1.807, 2.05) is 18.2 Å². The molecule has 3 rings (SSSR count). The van der Waals surface area contributed by atoms with E-state index in [2.05, 4.69) is 0 Å². The zero-order valence-corrected chi connectivity index (χ0v) is 9.59. The molecule has 0 unspecified atom stereocenters. The molecule has 0 fully saturated rings. The van der Waals surface area contributed by atoms with Crippen molar-refractivity contribution in [1.29, 1.82) is 0 Å². The Morgan fingerprint density at radius 1 is 1.44 bits per heavy atom. The van der Waals surface area contributed by atoms with Crippen LogP contribution in [0.3, 0.4) is 0 Å². The Balaban J connectivity index is 2.36. The first-order chi connectivity index (χ1) is 8.59. The summed E-state index contributed by atoms with van der Waals surface area (Å²) in [4.78, 5) is 23.1. The molecule has 1 aliphatic heterocycles.